The third-order valence-corrected chi connectivity index (χ3v) is 3.16. The Bertz CT molecular complexity index is 367. The van der Waals surface area contributed by atoms with Gasteiger partial charge in [-0.2, -0.15) is 0 Å². The van der Waals surface area contributed by atoms with Crippen LogP contribution in [0.5, 0.6) is 0 Å². The molecular formula is C12H16N2O2. The molecule has 0 aromatic heterocycles. The summed E-state index contributed by atoms with van der Waals surface area (Å²) >= 11 is 0. The van der Waals surface area contributed by atoms with Crippen LogP contribution in [0.25, 0.3) is 0 Å². The van der Waals surface area contributed by atoms with Gasteiger partial charge in [-0.3, -0.25) is 0 Å². The van der Waals surface area contributed by atoms with Gasteiger partial charge in [-0.25, -0.2) is 4.79 Å². The third kappa shape index (κ3) is 2.17. The maximum Gasteiger partial charge on any atom is 0.407 e. The molecule has 1 aromatic rings. The van der Waals surface area contributed by atoms with E-state index < -0.39 is 6.09 Å². The van der Waals surface area contributed by atoms with Gasteiger partial charge in [-0.1, -0.05) is 30.3 Å². The normalized spacial score (nSPS) is 25.4. The SMILES string of the molecule is N[C@H]1CN(C(=O)O)CC[C@H]1c1ccccc1. The molecule has 0 saturated carbocycles. The first kappa shape index (κ1) is 11.0. The Balaban J connectivity index is 2.08. The van der Waals surface area contributed by atoms with Crippen molar-refractivity contribution in [3.05, 3.63) is 35.9 Å². The number of hydrogen-bond donors (Lipinski definition) is 2. The number of piperidine rings is 1. The predicted octanol–water partition coefficient (Wildman–Crippen LogP) is 1.48. The van der Waals surface area contributed by atoms with Gasteiger partial charge in [-0.15, -0.1) is 0 Å². The Morgan fingerprint density at radius 2 is 2.06 bits per heavy atom. The summed E-state index contributed by atoms with van der Waals surface area (Å²) in [6.07, 6.45) is -0.0701. The second-order valence-corrected chi connectivity index (χ2v) is 4.20. The zero-order chi connectivity index (χ0) is 11.5. The molecule has 2 atom stereocenters. The van der Waals surface area contributed by atoms with Crippen molar-refractivity contribution in [2.45, 2.75) is 18.4 Å². The first-order valence-corrected chi connectivity index (χ1v) is 5.47. The van der Waals surface area contributed by atoms with Crippen LogP contribution in [0, 0.1) is 0 Å². The van der Waals surface area contributed by atoms with E-state index in [2.05, 4.69) is 12.1 Å². The van der Waals surface area contributed by atoms with Crippen molar-refractivity contribution in [1.82, 2.24) is 4.90 Å². The lowest BCUT2D eigenvalue weighted by Gasteiger charge is -2.35. The number of nitrogens with two attached hydrogens (primary N) is 1. The number of carboxylic acid groups (broad SMARTS) is 1. The maximum absolute atomic E-state index is 10.8. The zero-order valence-corrected chi connectivity index (χ0v) is 9.04. The van der Waals surface area contributed by atoms with Gasteiger partial charge < -0.3 is 15.7 Å². The molecule has 0 bridgehead atoms. The molecule has 1 fully saturated rings. The molecule has 0 aliphatic carbocycles. The van der Waals surface area contributed by atoms with Gasteiger partial charge in [0, 0.05) is 25.0 Å². The van der Waals surface area contributed by atoms with Gasteiger partial charge in [0.25, 0.3) is 0 Å². The highest BCUT2D eigenvalue weighted by Crippen LogP contribution is 2.26. The van der Waals surface area contributed by atoms with E-state index in [4.69, 9.17) is 10.8 Å². The van der Waals surface area contributed by atoms with E-state index in [1.807, 2.05) is 18.2 Å². The molecule has 1 aliphatic rings. The summed E-state index contributed by atoms with van der Waals surface area (Å²) in [7, 11) is 0. The van der Waals surface area contributed by atoms with Crippen LogP contribution >= 0.6 is 0 Å². The lowest BCUT2D eigenvalue weighted by molar-refractivity contribution is 0.126. The van der Waals surface area contributed by atoms with Crippen molar-refractivity contribution in [2.75, 3.05) is 13.1 Å². The fourth-order valence-electron chi connectivity index (χ4n) is 2.27. The monoisotopic (exact) mass is 220 g/mol. The van der Waals surface area contributed by atoms with Gasteiger partial charge in [-0.05, 0) is 12.0 Å². The van der Waals surface area contributed by atoms with Gasteiger partial charge in [0.15, 0.2) is 0 Å². The molecule has 2 rings (SSSR count). The molecule has 1 heterocycles. The third-order valence-electron chi connectivity index (χ3n) is 3.16. The molecular weight excluding hydrogens is 204 g/mol. The van der Waals surface area contributed by atoms with Crippen LogP contribution in [-0.4, -0.2) is 35.2 Å². The number of amides is 1. The van der Waals surface area contributed by atoms with Crippen molar-refractivity contribution in [3.63, 3.8) is 0 Å². The van der Waals surface area contributed by atoms with E-state index in [1.54, 1.807) is 0 Å². The van der Waals surface area contributed by atoms with Gasteiger partial charge in [0.05, 0.1) is 0 Å². The van der Waals surface area contributed by atoms with Crippen molar-refractivity contribution in [3.8, 4) is 0 Å². The summed E-state index contributed by atoms with van der Waals surface area (Å²) in [5.74, 6) is 0.275. The van der Waals surface area contributed by atoms with Gasteiger partial charge in [0.1, 0.15) is 0 Å². The highest BCUT2D eigenvalue weighted by atomic mass is 16.4. The topological polar surface area (TPSA) is 66.6 Å². The lowest BCUT2D eigenvalue weighted by Crippen LogP contribution is -2.49. The van der Waals surface area contributed by atoms with Crippen LogP contribution < -0.4 is 5.73 Å². The summed E-state index contributed by atoms with van der Waals surface area (Å²) in [6, 6.07) is 9.97. The lowest BCUT2D eigenvalue weighted by atomic mass is 9.86. The van der Waals surface area contributed by atoms with Crippen molar-refractivity contribution >= 4 is 6.09 Å². The summed E-state index contributed by atoms with van der Waals surface area (Å²) in [5.41, 5.74) is 7.24. The Labute approximate surface area is 94.7 Å². The number of rotatable bonds is 1. The van der Waals surface area contributed by atoms with Crippen molar-refractivity contribution in [1.29, 1.82) is 0 Å². The molecule has 86 valence electrons. The van der Waals surface area contributed by atoms with E-state index in [0.29, 0.717) is 13.1 Å². The Hall–Kier alpha value is -1.55. The number of hydrogen-bond acceptors (Lipinski definition) is 2. The smallest absolute Gasteiger partial charge is 0.407 e. The van der Waals surface area contributed by atoms with E-state index in [1.165, 1.54) is 10.5 Å². The number of likely N-dealkylation sites (tertiary alicyclic amines) is 1. The molecule has 1 saturated heterocycles. The maximum atomic E-state index is 10.8. The Kier molecular flexibility index (Phi) is 3.10. The fraction of sp³-hybridized carbons (Fsp3) is 0.417. The molecule has 0 radical (unpaired) electrons. The molecule has 4 heteroatoms. The highest BCUT2D eigenvalue weighted by Gasteiger charge is 2.29. The largest absolute Gasteiger partial charge is 0.465 e. The molecule has 16 heavy (non-hydrogen) atoms. The van der Waals surface area contributed by atoms with Crippen LogP contribution in [0.3, 0.4) is 0 Å². The summed E-state index contributed by atoms with van der Waals surface area (Å²) in [6.45, 7) is 0.998. The standard InChI is InChI=1S/C12H16N2O2/c13-11-8-14(12(15)16)7-6-10(11)9-4-2-1-3-5-9/h1-5,10-11H,6-8,13H2,(H,15,16)/t10-,11-/m0/s1. The number of nitrogens with zero attached hydrogens (tertiary/aromatic N) is 1. The van der Waals surface area contributed by atoms with Crippen molar-refractivity contribution < 1.29 is 9.90 Å². The molecule has 1 amide bonds. The van der Waals surface area contributed by atoms with Gasteiger partial charge >= 0.3 is 6.09 Å². The van der Waals surface area contributed by atoms with Crippen LogP contribution in [0.15, 0.2) is 30.3 Å². The second-order valence-electron chi connectivity index (χ2n) is 4.20. The number of carbonyl (C=O) groups is 1. The van der Waals surface area contributed by atoms with E-state index in [-0.39, 0.29) is 12.0 Å². The molecule has 0 unspecified atom stereocenters. The fourth-order valence-corrected chi connectivity index (χ4v) is 2.27. The minimum absolute atomic E-state index is 0.104. The molecule has 0 spiro atoms. The average molecular weight is 220 g/mol. The van der Waals surface area contributed by atoms with E-state index in [0.717, 1.165) is 6.42 Å². The second kappa shape index (κ2) is 4.53. The number of benzene rings is 1. The summed E-state index contributed by atoms with van der Waals surface area (Å²) in [5, 5.41) is 8.88. The minimum Gasteiger partial charge on any atom is -0.465 e. The Morgan fingerprint density at radius 3 is 2.62 bits per heavy atom. The molecule has 1 aromatic carbocycles. The Morgan fingerprint density at radius 1 is 1.38 bits per heavy atom. The molecule has 1 aliphatic heterocycles. The molecule has 3 N–H and O–H groups in total. The van der Waals surface area contributed by atoms with E-state index >= 15 is 0 Å². The molecule has 4 nitrogen and oxygen atoms in total. The zero-order valence-electron chi connectivity index (χ0n) is 9.04. The van der Waals surface area contributed by atoms with Crippen molar-refractivity contribution in [2.24, 2.45) is 5.73 Å². The first-order chi connectivity index (χ1) is 7.68. The first-order valence-electron chi connectivity index (χ1n) is 5.47. The van der Waals surface area contributed by atoms with Crippen LogP contribution in [0.1, 0.15) is 17.9 Å². The van der Waals surface area contributed by atoms with Crippen LogP contribution in [0.4, 0.5) is 4.79 Å². The average Bonchev–Trinajstić information content (AvgIpc) is 2.30. The van der Waals surface area contributed by atoms with Crippen LogP contribution in [0.2, 0.25) is 0 Å². The van der Waals surface area contributed by atoms with Gasteiger partial charge in [0.2, 0.25) is 0 Å². The quantitative estimate of drug-likeness (QED) is 0.753. The summed E-state index contributed by atoms with van der Waals surface area (Å²) < 4.78 is 0. The van der Waals surface area contributed by atoms with E-state index in [9.17, 15) is 4.79 Å². The highest BCUT2D eigenvalue weighted by molar-refractivity contribution is 5.65. The summed E-state index contributed by atoms with van der Waals surface area (Å²) in [4.78, 5) is 12.2. The van der Waals surface area contributed by atoms with Crippen LogP contribution in [-0.2, 0) is 0 Å². The minimum atomic E-state index is -0.873. The predicted molar refractivity (Wildman–Crippen MR) is 61.4 cm³/mol.